The minimum absolute atomic E-state index is 0.00562. The highest BCUT2D eigenvalue weighted by atomic mass is 35.5. The number of amides is 1. The number of aryl methyl sites for hydroxylation is 1. The predicted molar refractivity (Wildman–Crippen MR) is 120 cm³/mol. The quantitative estimate of drug-likeness (QED) is 0.438. The second-order valence-electron chi connectivity index (χ2n) is 7.12. The molecule has 2 aromatic carbocycles. The third-order valence-corrected chi connectivity index (χ3v) is 7.24. The van der Waals surface area contributed by atoms with E-state index in [1.165, 1.54) is 56.5 Å². The zero-order chi connectivity index (χ0) is 25.3. The molecule has 0 radical (unpaired) electrons. The molecule has 182 valence electrons. The van der Waals surface area contributed by atoms with Gasteiger partial charge in [0.2, 0.25) is 15.7 Å². The Morgan fingerprint density at radius 1 is 1.12 bits per heavy atom. The number of nitrogens with one attached hydrogen (secondary N) is 1. The van der Waals surface area contributed by atoms with Crippen molar-refractivity contribution in [2.24, 2.45) is 0 Å². The highest BCUT2D eigenvalue weighted by molar-refractivity contribution is 7.91. The highest BCUT2D eigenvalue weighted by Gasteiger charge is 2.38. The molecule has 34 heavy (non-hydrogen) atoms. The molecule has 0 spiro atoms. The van der Waals surface area contributed by atoms with Gasteiger partial charge < -0.3 is 10.1 Å². The maximum atomic E-state index is 13.0. The summed E-state index contributed by atoms with van der Waals surface area (Å²) in [5.41, 5.74) is -1.03. The first kappa shape index (κ1) is 25.9. The molecule has 0 saturated heterocycles. The summed E-state index contributed by atoms with van der Waals surface area (Å²) in [7, 11) is -2.61. The van der Waals surface area contributed by atoms with Gasteiger partial charge in [0, 0.05) is 23.2 Å². The van der Waals surface area contributed by atoms with Crippen LogP contribution in [0.2, 0.25) is 10.0 Å². The lowest BCUT2D eigenvalue weighted by Crippen LogP contribution is -2.16. The molecule has 1 amide bonds. The van der Waals surface area contributed by atoms with E-state index in [0.29, 0.717) is 5.02 Å². The second-order valence-corrected chi connectivity index (χ2v) is 9.89. The molecule has 0 unspecified atom stereocenters. The number of carbonyl (C=O) groups excluding carboxylic acids is 1. The third-order valence-electron chi connectivity index (χ3n) is 4.79. The fraction of sp³-hybridized carbons (Fsp3) is 0.238. The molecule has 13 heteroatoms. The molecule has 3 rings (SSSR count). The average Bonchev–Trinajstić information content (AvgIpc) is 3.06. The van der Waals surface area contributed by atoms with Gasteiger partial charge in [-0.25, -0.2) is 8.42 Å². The molecule has 0 aliphatic rings. The van der Waals surface area contributed by atoms with E-state index in [1.807, 2.05) is 0 Å². The van der Waals surface area contributed by atoms with Crippen molar-refractivity contribution >= 4 is 44.6 Å². The lowest BCUT2D eigenvalue weighted by molar-refractivity contribution is -0.141. The topological polar surface area (TPSA) is 90.3 Å². The van der Waals surface area contributed by atoms with Crippen LogP contribution in [0.1, 0.15) is 17.8 Å². The first-order chi connectivity index (χ1) is 15.8. The number of carbonyl (C=O) groups is 1. The standard InChI is InChI=1S/C21H18Cl2F3N3O4S/c1-12-19(23)20(21(24,25)26)28-29(12)8-7-18(30)27-14-9-15(33-2)11-17(10-14)34(31,32)16-5-3-13(22)4-6-16/h3-6,9-11H,7-8H2,1-2H3,(H,27,30). The number of halogens is 5. The van der Waals surface area contributed by atoms with Crippen molar-refractivity contribution in [3.05, 3.63) is 63.9 Å². The summed E-state index contributed by atoms with van der Waals surface area (Å²) < 4.78 is 71.0. The number of sulfone groups is 1. The van der Waals surface area contributed by atoms with E-state index in [-0.39, 0.29) is 39.9 Å². The first-order valence-electron chi connectivity index (χ1n) is 9.62. The maximum absolute atomic E-state index is 13.0. The summed E-state index contributed by atoms with van der Waals surface area (Å²) >= 11 is 11.5. The van der Waals surface area contributed by atoms with Gasteiger partial charge in [-0.05, 0) is 43.3 Å². The van der Waals surface area contributed by atoms with E-state index >= 15 is 0 Å². The van der Waals surface area contributed by atoms with Crippen molar-refractivity contribution in [1.82, 2.24) is 9.78 Å². The van der Waals surface area contributed by atoms with Gasteiger partial charge in [-0.3, -0.25) is 9.48 Å². The van der Waals surface area contributed by atoms with E-state index in [1.54, 1.807) is 0 Å². The number of nitrogens with zero attached hydrogens (tertiary/aromatic N) is 2. The number of alkyl halides is 3. The Bertz CT molecular complexity index is 1320. The molecule has 0 aliphatic carbocycles. The normalized spacial score (nSPS) is 12.0. The maximum Gasteiger partial charge on any atom is 0.436 e. The van der Waals surface area contributed by atoms with Gasteiger partial charge in [0.05, 0.1) is 34.2 Å². The minimum Gasteiger partial charge on any atom is -0.497 e. The van der Waals surface area contributed by atoms with Crippen LogP contribution in [0, 0.1) is 6.92 Å². The number of aromatic nitrogens is 2. The number of benzene rings is 2. The van der Waals surface area contributed by atoms with Crippen LogP contribution in [0.15, 0.2) is 52.3 Å². The monoisotopic (exact) mass is 535 g/mol. The van der Waals surface area contributed by atoms with Gasteiger partial charge in [0.25, 0.3) is 0 Å². The van der Waals surface area contributed by atoms with E-state index < -0.39 is 32.6 Å². The molecular weight excluding hydrogens is 518 g/mol. The van der Waals surface area contributed by atoms with Crippen molar-refractivity contribution in [3.8, 4) is 5.75 Å². The second kappa shape index (κ2) is 9.85. The van der Waals surface area contributed by atoms with Gasteiger partial charge in [-0.2, -0.15) is 18.3 Å². The lowest BCUT2D eigenvalue weighted by atomic mass is 10.3. The van der Waals surface area contributed by atoms with Crippen LogP contribution < -0.4 is 10.1 Å². The SMILES string of the molecule is COc1cc(NC(=O)CCn2nc(C(F)(F)F)c(Cl)c2C)cc(S(=O)(=O)c2ccc(Cl)cc2)c1. The van der Waals surface area contributed by atoms with Crippen LogP contribution in [-0.2, 0) is 27.4 Å². The molecule has 0 saturated carbocycles. The number of anilines is 1. The first-order valence-corrected chi connectivity index (χ1v) is 11.9. The van der Waals surface area contributed by atoms with Gasteiger partial charge in [0.1, 0.15) is 5.75 Å². The molecule has 0 aliphatic heterocycles. The van der Waals surface area contributed by atoms with Crippen LogP contribution in [0.3, 0.4) is 0 Å². The molecule has 1 aromatic heterocycles. The number of methoxy groups -OCH3 is 1. The Labute approximate surface area is 203 Å². The zero-order valence-corrected chi connectivity index (χ0v) is 20.1. The molecular formula is C21H18Cl2F3N3O4S. The average molecular weight is 536 g/mol. The lowest BCUT2D eigenvalue weighted by Gasteiger charge is -2.12. The van der Waals surface area contributed by atoms with Crippen molar-refractivity contribution < 1.29 is 31.1 Å². The number of hydrogen-bond acceptors (Lipinski definition) is 5. The van der Waals surface area contributed by atoms with Gasteiger partial charge in [0.15, 0.2) is 5.69 Å². The van der Waals surface area contributed by atoms with Crippen LogP contribution in [-0.4, -0.2) is 31.2 Å². The fourth-order valence-corrected chi connectivity index (χ4v) is 4.71. The molecule has 0 bridgehead atoms. The van der Waals surface area contributed by atoms with Crippen LogP contribution in [0.5, 0.6) is 5.75 Å². The van der Waals surface area contributed by atoms with Gasteiger partial charge in [-0.15, -0.1) is 0 Å². The van der Waals surface area contributed by atoms with Crippen LogP contribution in [0.4, 0.5) is 18.9 Å². The molecule has 1 heterocycles. The number of rotatable bonds is 7. The highest BCUT2D eigenvalue weighted by Crippen LogP contribution is 2.35. The van der Waals surface area contributed by atoms with Crippen LogP contribution >= 0.6 is 23.2 Å². The van der Waals surface area contributed by atoms with Crippen molar-refractivity contribution in [1.29, 1.82) is 0 Å². The Morgan fingerprint density at radius 2 is 1.76 bits per heavy atom. The van der Waals surface area contributed by atoms with E-state index in [4.69, 9.17) is 27.9 Å². The van der Waals surface area contributed by atoms with Crippen molar-refractivity contribution in [2.75, 3.05) is 12.4 Å². The van der Waals surface area contributed by atoms with E-state index in [9.17, 15) is 26.4 Å². The summed E-state index contributed by atoms with van der Waals surface area (Å²) in [5.74, 6) is -0.405. The Morgan fingerprint density at radius 3 is 2.32 bits per heavy atom. The summed E-state index contributed by atoms with van der Waals surface area (Å²) in [6.07, 6.45) is -4.96. The van der Waals surface area contributed by atoms with Crippen LogP contribution in [0.25, 0.3) is 0 Å². The van der Waals surface area contributed by atoms with Crippen molar-refractivity contribution in [2.45, 2.75) is 35.9 Å². The largest absolute Gasteiger partial charge is 0.497 e. The molecule has 7 nitrogen and oxygen atoms in total. The summed E-state index contributed by atoms with van der Waals surface area (Å²) in [6, 6.07) is 9.53. The Balaban J connectivity index is 1.80. The Hall–Kier alpha value is -2.76. The smallest absolute Gasteiger partial charge is 0.436 e. The molecule has 0 fully saturated rings. The third kappa shape index (κ3) is 5.65. The van der Waals surface area contributed by atoms with Crippen molar-refractivity contribution in [3.63, 3.8) is 0 Å². The molecule has 0 atom stereocenters. The van der Waals surface area contributed by atoms with E-state index in [2.05, 4.69) is 10.4 Å². The number of ether oxygens (including phenoxy) is 1. The number of hydrogen-bond donors (Lipinski definition) is 1. The minimum atomic E-state index is -4.72. The fourth-order valence-electron chi connectivity index (χ4n) is 3.02. The molecule has 3 aromatic rings. The summed E-state index contributed by atoms with van der Waals surface area (Å²) in [5, 5.41) is 5.81. The Kier molecular flexibility index (Phi) is 7.49. The zero-order valence-electron chi connectivity index (χ0n) is 17.8. The molecule has 1 N–H and O–H groups in total. The van der Waals surface area contributed by atoms with Gasteiger partial charge in [-0.1, -0.05) is 23.2 Å². The summed E-state index contributed by atoms with van der Waals surface area (Å²) in [6.45, 7) is 1.19. The van der Waals surface area contributed by atoms with Gasteiger partial charge >= 0.3 is 6.18 Å². The predicted octanol–water partition coefficient (Wildman–Crippen LogP) is 5.39. The summed E-state index contributed by atoms with van der Waals surface area (Å²) in [4.78, 5) is 12.3. The van der Waals surface area contributed by atoms with E-state index in [0.717, 1.165) is 4.68 Å².